The van der Waals surface area contributed by atoms with Crippen molar-refractivity contribution in [3.63, 3.8) is 0 Å². The second-order valence-corrected chi connectivity index (χ2v) is 29.8. The Balaban J connectivity index is 0.675. The van der Waals surface area contributed by atoms with Crippen LogP contribution in [-0.4, -0.2) is 9.13 Å². The molecular formula is C108H68N4O2. The Morgan fingerprint density at radius 2 is 0.553 bits per heavy atom. The summed E-state index contributed by atoms with van der Waals surface area (Å²) in [4.78, 5) is 4.92. The zero-order valence-corrected chi connectivity index (χ0v) is 61.9. The molecule has 23 rings (SSSR count). The highest BCUT2D eigenvalue weighted by Crippen LogP contribution is 2.51. The molecule has 0 unspecified atom stereocenters. The SMILES string of the molecule is c1cc(-c2cccc3c2oc2ccccc23)cc(N(c2ccc3ccc4ccccc4c3c2)c2ccccc2-c2ccccc2-n2c3ccccc3c3ccc(-c4ccc5c6ccccc6n(-c6ccccc6-c6ccccc6N(c6cccc(-c7cccc8c7oc7ccccc78)c6)c6cccc7ccccc67)c5c4)cc32)c1. The monoisotopic (exact) mass is 1450 g/mol. The van der Waals surface area contributed by atoms with Crippen molar-refractivity contribution < 1.29 is 8.83 Å². The number of hydrogen-bond donors (Lipinski definition) is 0. The molecule has 4 heterocycles. The minimum Gasteiger partial charge on any atom is -0.455 e. The van der Waals surface area contributed by atoms with E-state index in [9.17, 15) is 0 Å². The maximum absolute atomic E-state index is 6.73. The van der Waals surface area contributed by atoms with Crippen molar-refractivity contribution in [2.45, 2.75) is 0 Å². The van der Waals surface area contributed by atoms with Crippen LogP contribution >= 0.6 is 0 Å². The molecule has 0 aliphatic rings. The number of para-hydroxylation sites is 10. The lowest BCUT2D eigenvalue weighted by Crippen LogP contribution is -2.12. The fourth-order valence-corrected chi connectivity index (χ4v) is 18.3. The van der Waals surface area contributed by atoms with Gasteiger partial charge in [-0.15, -0.1) is 0 Å². The standard InChI is InChI=1S/C108H68N4O2/c1-3-33-79-70(27-1)56-57-71-58-61-78(68-95(71)79)109(76-31-21-29-74(64-76)81-43-24-45-93-91-41-11-19-54-105(91)113-107(81)93)97-47-13-5-35-83(97)85-37-7-15-49-99(85)111-101-51-17-9-39-87(101)89-62-59-72(66-103(89)111)73-60-63-90-88-40-10-18-52-102(88)112(104(90)67-73)100-50-16-8-38-86(100)84-36-6-14-48-98(84)110(96-53-23-28-69-26-2-4-34-80(69)96)77-32-22-30-75(65-77)82-44-25-46-94-92-42-12-20-55-106(92)114-108(82)94/h1-68H. The van der Waals surface area contributed by atoms with Crippen LogP contribution in [0.25, 0.3) is 187 Å². The van der Waals surface area contributed by atoms with Gasteiger partial charge in [-0.2, -0.15) is 0 Å². The van der Waals surface area contributed by atoms with Crippen molar-refractivity contribution in [2.75, 3.05) is 9.80 Å². The first-order valence-electron chi connectivity index (χ1n) is 39.0. The summed E-state index contributed by atoms with van der Waals surface area (Å²) in [6.45, 7) is 0. The van der Waals surface area contributed by atoms with Crippen LogP contribution in [0.2, 0.25) is 0 Å². The lowest BCUT2D eigenvalue weighted by molar-refractivity contribution is 0.669. The van der Waals surface area contributed by atoms with E-state index in [4.69, 9.17) is 8.83 Å². The van der Waals surface area contributed by atoms with Crippen molar-refractivity contribution in [1.82, 2.24) is 9.13 Å². The predicted molar refractivity (Wildman–Crippen MR) is 479 cm³/mol. The highest BCUT2D eigenvalue weighted by molar-refractivity contribution is 6.16. The number of hydrogen-bond acceptors (Lipinski definition) is 4. The van der Waals surface area contributed by atoms with E-state index in [2.05, 4.69) is 419 Å². The first-order chi connectivity index (χ1) is 56.6. The minimum absolute atomic E-state index is 0.876. The summed E-state index contributed by atoms with van der Waals surface area (Å²) in [5.74, 6) is 0. The molecule has 0 N–H and O–H groups in total. The Kier molecular flexibility index (Phi) is 14.9. The maximum Gasteiger partial charge on any atom is 0.143 e. The summed E-state index contributed by atoms with van der Waals surface area (Å²) < 4.78 is 18.4. The third-order valence-electron chi connectivity index (χ3n) is 23.5. The molecule has 23 aromatic rings. The van der Waals surface area contributed by atoms with E-state index >= 15 is 0 Å². The smallest absolute Gasteiger partial charge is 0.143 e. The second kappa shape index (κ2) is 26.2. The van der Waals surface area contributed by atoms with Gasteiger partial charge in [0.1, 0.15) is 22.3 Å². The average molecular weight is 1450 g/mol. The van der Waals surface area contributed by atoms with Crippen LogP contribution in [0.5, 0.6) is 0 Å². The van der Waals surface area contributed by atoms with Crippen LogP contribution in [0, 0.1) is 0 Å². The van der Waals surface area contributed by atoms with Gasteiger partial charge in [0.25, 0.3) is 0 Å². The van der Waals surface area contributed by atoms with E-state index in [-0.39, 0.29) is 0 Å². The van der Waals surface area contributed by atoms with Crippen LogP contribution in [0.1, 0.15) is 0 Å². The lowest BCUT2D eigenvalue weighted by Gasteiger charge is -2.30. The van der Waals surface area contributed by atoms with Gasteiger partial charge in [-0.05, 0) is 152 Å². The van der Waals surface area contributed by atoms with Crippen LogP contribution in [0.3, 0.4) is 0 Å². The molecule has 0 saturated heterocycles. The summed E-state index contributed by atoms with van der Waals surface area (Å²) in [5, 5.41) is 16.2. The molecule has 532 valence electrons. The molecule has 0 saturated carbocycles. The summed E-state index contributed by atoms with van der Waals surface area (Å²) in [6, 6.07) is 151. The summed E-state index contributed by atoms with van der Waals surface area (Å²) in [7, 11) is 0. The highest BCUT2D eigenvalue weighted by Gasteiger charge is 2.27. The summed E-state index contributed by atoms with van der Waals surface area (Å²) >= 11 is 0. The van der Waals surface area contributed by atoms with Crippen molar-refractivity contribution in [3.8, 4) is 67.0 Å². The molecule has 0 fully saturated rings. The molecule has 0 bridgehead atoms. The summed E-state index contributed by atoms with van der Waals surface area (Å²) in [5.41, 5.74) is 27.2. The van der Waals surface area contributed by atoms with Crippen molar-refractivity contribution in [1.29, 1.82) is 0 Å². The van der Waals surface area contributed by atoms with Gasteiger partial charge < -0.3 is 27.8 Å². The number of rotatable bonds is 13. The third kappa shape index (κ3) is 10.4. The van der Waals surface area contributed by atoms with Crippen molar-refractivity contribution >= 4 is 154 Å². The van der Waals surface area contributed by atoms with E-state index < -0.39 is 0 Å². The van der Waals surface area contributed by atoms with E-state index in [0.717, 1.165) is 178 Å². The Morgan fingerprint density at radius 3 is 1.12 bits per heavy atom. The lowest BCUT2D eigenvalue weighted by atomic mass is 9.97. The molecule has 114 heavy (non-hydrogen) atoms. The van der Waals surface area contributed by atoms with Gasteiger partial charge in [-0.1, -0.05) is 309 Å². The van der Waals surface area contributed by atoms with E-state index in [1.54, 1.807) is 0 Å². The second-order valence-electron chi connectivity index (χ2n) is 29.8. The molecule has 19 aromatic carbocycles. The minimum atomic E-state index is 0.876. The van der Waals surface area contributed by atoms with Gasteiger partial charge in [0.15, 0.2) is 0 Å². The third-order valence-corrected chi connectivity index (χ3v) is 23.5. The molecule has 0 radical (unpaired) electrons. The van der Waals surface area contributed by atoms with Gasteiger partial charge in [0.05, 0.1) is 50.5 Å². The van der Waals surface area contributed by atoms with Gasteiger partial charge in [-0.25, -0.2) is 0 Å². The fourth-order valence-electron chi connectivity index (χ4n) is 18.3. The number of anilines is 6. The van der Waals surface area contributed by atoms with E-state index in [1.807, 2.05) is 12.1 Å². The number of nitrogens with zero attached hydrogens (tertiary/aromatic N) is 4. The van der Waals surface area contributed by atoms with Gasteiger partial charge >= 0.3 is 0 Å². The quantitative estimate of drug-likeness (QED) is 0.108. The maximum atomic E-state index is 6.73. The van der Waals surface area contributed by atoms with Gasteiger partial charge in [0, 0.05) is 98.9 Å². The number of aromatic nitrogens is 2. The Hall–Kier alpha value is -15.2. The molecule has 0 amide bonds. The van der Waals surface area contributed by atoms with E-state index in [0.29, 0.717) is 0 Å². The average Bonchev–Trinajstić information content (AvgIpc) is 1.55. The van der Waals surface area contributed by atoms with E-state index in [1.165, 1.54) is 43.1 Å². The highest BCUT2D eigenvalue weighted by atomic mass is 16.3. The molecule has 4 aromatic heterocycles. The molecule has 6 heteroatoms. The Morgan fingerprint density at radius 1 is 0.184 bits per heavy atom. The molecule has 0 aliphatic heterocycles. The fraction of sp³-hybridized carbons (Fsp3) is 0. The largest absolute Gasteiger partial charge is 0.455 e. The summed E-state index contributed by atoms with van der Waals surface area (Å²) in [6.07, 6.45) is 0. The Labute approximate surface area is 657 Å². The predicted octanol–water partition coefficient (Wildman–Crippen LogP) is 30.4. The van der Waals surface area contributed by atoms with Crippen LogP contribution < -0.4 is 9.80 Å². The topological polar surface area (TPSA) is 42.6 Å². The molecular weight excluding hydrogens is 1390 g/mol. The molecule has 0 atom stereocenters. The van der Waals surface area contributed by atoms with Gasteiger partial charge in [0.2, 0.25) is 0 Å². The zero-order valence-electron chi connectivity index (χ0n) is 61.9. The van der Waals surface area contributed by atoms with Crippen molar-refractivity contribution in [2.24, 2.45) is 0 Å². The first kappa shape index (κ1) is 64.7. The van der Waals surface area contributed by atoms with Gasteiger partial charge in [-0.3, -0.25) is 0 Å². The molecule has 0 spiro atoms. The molecule has 0 aliphatic carbocycles. The number of benzene rings is 19. The van der Waals surface area contributed by atoms with Crippen LogP contribution in [0.4, 0.5) is 34.1 Å². The van der Waals surface area contributed by atoms with Crippen molar-refractivity contribution in [3.05, 3.63) is 413 Å². The first-order valence-corrected chi connectivity index (χ1v) is 39.0. The number of fused-ring (bicyclic) bond motifs is 16. The van der Waals surface area contributed by atoms with Crippen LogP contribution in [-0.2, 0) is 0 Å². The normalized spacial score (nSPS) is 11.9. The Bertz CT molecular complexity index is 7860. The zero-order chi connectivity index (χ0) is 74.9. The van der Waals surface area contributed by atoms with Crippen LogP contribution in [0.15, 0.2) is 421 Å². The molecule has 6 nitrogen and oxygen atoms in total. The number of furan rings is 2.